The summed E-state index contributed by atoms with van der Waals surface area (Å²) in [6, 6.07) is 0. The molecule has 3 aliphatic heterocycles. The first kappa shape index (κ1) is 9.81. The van der Waals surface area contributed by atoms with E-state index in [1.165, 1.54) is 0 Å². The molecule has 0 aromatic carbocycles. The molecule has 0 aromatic heterocycles. The summed E-state index contributed by atoms with van der Waals surface area (Å²) in [6.45, 7) is 2.84. The van der Waals surface area contributed by atoms with E-state index in [1.807, 2.05) is 0 Å². The Morgan fingerprint density at radius 1 is 1.60 bits per heavy atom. The van der Waals surface area contributed by atoms with E-state index in [1.54, 1.807) is 11.2 Å². The number of rotatable bonds is 2. The fraction of sp³-hybridized carbons (Fsp3) is 0.800. The van der Waals surface area contributed by atoms with Crippen LogP contribution in [-0.2, 0) is 14.8 Å². The van der Waals surface area contributed by atoms with Crippen molar-refractivity contribution in [1.82, 2.24) is 4.31 Å². The van der Waals surface area contributed by atoms with Crippen LogP contribution in [0.15, 0.2) is 12.2 Å². The normalized spacial score (nSPS) is 43.8. The summed E-state index contributed by atoms with van der Waals surface area (Å²) in [7, 11) is -3.05. The molecule has 3 rings (SSSR count). The van der Waals surface area contributed by atoms with Gasteiger partial charge in [0, 0.05) is 19.0 Å². The summed E-state index contributed by atoms with van der Waals surface area (Å²) in [5.74, 6) is 0.553. The van der Waals surface area contributed by atoms with Gasteiger partial charge in [0.2, 0.25) is 10.0 Å². The molecule has 3 heterocycles. The molecule has 2 bridgehead atoms. The van der Waals surface area contributed by atoms with Crippen molar-refractivity contribution in [3.63, 3.8) is 0 Å². The van der Waals surface area contributed by atoms with Gasteiger partial charge in [-0.1, -0.05) is 12.2 Å². The molecule has 0 aromatic rings. The van der Waals surface area contributed by atoms with Crippen molar-refractivity contribution < 1.29 is 13.2 Å². The number of hydrogen-bond donors (Lipinski definition) is 0. The Hall–Kier alpha value is -0.390. The molecule has 4 nitrogen and oxygen atoms in total. The quantitative estimate of drug-likeness (QED) is 0.643. The lowest BCUT2D eigenvalue weighted by Gasteiger charge is -2.21. The maximum atomic E-state index is 11.8. The van der Waals surface area contributed by atoms with E-state index in [2.05, 4.69) is 12.2 Å². The fourth-order valence-electron chi connectivity index (χ4n) is 2.90. The molecule has 2 saturated heterocycles. The van der Waals surface area contributed by atoms with Gasteiger partial charge in [-0.15, -0.1) is 0 Å². The van der Waals surface area contributed by atoms with Gasteiger partial charge in [0.05, 0.1) is 11.9 Å². The van der Waals surface area contributed by atoms with Crippen molar-refractivity contribution in [2.24, 2.45) is 5.92 Å². The van der Waals surface area contributed by atoms with Gasteiger partial charge >= 0.3 is 0 Å². The van der Waals surface area contributed by atoms with Crippen LogP contribution in [0.3, 0.4) is 0 Å². The third kappa shape index (κ3) is 1.23. The molecule has 5 heteroatoms. The Morgan fingerprint density at radius 3 is 3.00 bits per heavy atom. The highest BCUT2D eigenvalue weighted by Crippen LogP contribution is 2.48. The summed E-state index contributed by atoms with van der Waals surface area (Å²) in [5, 5.41) is 0. The molecule has 3 aliphatic rings. The fourth-order valence-corrected chi connectivity index (χ4v) is 4.07. The molecule has 0 aliphatic carbocycles. The molecule has 15 heavy (non-hydrogen) atoms. The zero-order chi connectivity index (χ0) is 10.7. The number of nitrogens with zero attached hydrogens (tertiary/aromatic N) is 1. The number of sulfonamides is 1. The van der Waals surface area contributed by atoms with Gasteiger partial charge in [-0.3, -0.25) is 0 Å². The zero-order valence-electron chi connectivity index (χ0n) is 8.72. The van der Waals surface area contributed by atoms with Crippen LogP contribution < -0.4 is 0 Å². The first-order valence-electron chi connectivity index (χ1n) is 5.41. The SMILES string of the molecule is CCS(=O)(=O)N1C[C@@H]2C[C@H]3C=C[C@]2(C1)O3. The van der Waals surface area contributed by atoms with Gasteiger partial charge in [-0.2, -0.15) is 4.31 Å². The van der Waals surface area contributed by atoms with E-state index in [4.69, 9.17) is 4.74 Å². The van der Waals surface area contributed by atoms with Crippen LogP contribution in [0.4, 0.5) is 0 Å². The highest BCUT2D eigenvalue weighted by molar-refractivity contribution is 7.89. The minimum Gasteiger partial charge on any atom is -0.362 e. The Labute approximate surface area is 90.0 Å². The second-order valence-electron chi connectivity index (χ2n) is 4.60. The van der Waals surface area contributed by atoms with Crippen LogP contribution >= 0.6 is 0 Å². The molecule has 2 fully saturated rings. The van der Waals surface area contributed by atoms with Crippen LogP contribution in [0.1, 0.15) is 13.3 Å². The largest absolute Gasteiger partial charge is 0.362 e. The van der Waals surface area contributed by atoms with Crippen LogP contribution in [-0.4, -0.2) is 43.3 Å². The van der Waals surface area contributed by atoms with E-state index < -0.39 is 10.0 Å². The molecule has 1 spiro atoms. The zero-order valence-corrected chi connectivity index (χ0v) is 9.53. The van der Waals surface area contributed by atoms with E-state index in [-0.39, 0.29) is 17.5 Å². The summed E-state index contributed by atoms with van der Waals surface area (Å²) in [6.07, 6.45) is 5.35. The Kier molecular flexibility index (Phi) is 1.86. The third-order valence-corrected chi connectivity index (χ3v) is 5.57. The summed E-state index contributed by atoms with van der Waals surface area (Å²) in [4.78, 5) is 0. The molecular weight excluding hydrogens is 214 g/mol. The van der Waals surface area contributed by atoms with Crippen LogP contribution in [0.2, 0.25) is 0 Å². The summed E-state index contributed by atoms with van der Waals surface area (Å²) >= 11 is 0. The molecule has 3 atom stereocenters. The lowest BCUT2D eigenvalue weighted by atomic mass is 9.86. The van der Waals surface area contributed by atoms with Crippen molar-refractivity contribution in [2.45, 2.75) is 25.0 Å². The van der Waals surface area contributed by atoms with E-state index in [9.17, 15) is 8.42 Å². The topological polar surface area (TPSA) is 46.6 Å². The second-order valence-corrected chi connectivity index (χ2v) is 6.85. The smallest absolute Gasteiger partial charge is 0.213 e. The highest BCUT2D eigenvalue weighted by atomic mass is 32.2. The third-order valence-electron chi connectivity index (χ3n) is 3.78. The molecule has 0 unspecified atom stereocenters. The summed E-state index contributed by atoms with van der Waals surface area (Å²) in [5.41, 5.74) is -0.285. The van der Waals surface area contributed by atoms with Crippen molar-refractivity contribution in [2.75, 3.05) is 18.8 Å². The molecule has 0 radical (unpaired) electrons. The first-order chi connectivity index (χ1) is 7.06. The van der Waals surface area contributed by atoms with Gasteiger partial charge in [0.15, 0.2) is 0 Å². The van der Waals surface area contributed by atoms with Crippen LogP contribution in [0.25, 0.3) is 0 Å². The number of fused-ring (bicyclic) bond motifs is 1. The van der Waals surface area contributed by atoms with Gasteiger partial charge in [0.25, 0.3) is 0 Å². The average molecular weight is 229 g/mol. The van der Waals surface area contributed by atoms with Crippen molar-refractivity contribution in [1.29, 1.82) is 0 Å². The van der Waals surface area contributed by atoms with Crippen molar-refractivity contribution >= 4 is 10.0 Å². The standard InChI is InChI=1S/C10H15NO3S/c1-2-15(12,13)11-6-8-5-9-3-4-10(8,7-11)14-9/h3-4,8-9H,2,5-7H2,1H3/t8-,9+,10+/m0/s1. The molecule has 0 amide bonds. The predicted molar refractivity (Wildman–Crippen MR) is 55.9 cm³/mol. The lowest BCUT2D eigenvalue weighted by Crippen LogP contribution is -2.36. The van der Waals surface area contributed by atoms with Crippen LogP contribution in [0.5, 0.6) is 0 Å². The minimum absolute atomic E-state index is 0.183. The molecular formula is C10H15NO3S. The molecule has 0 N–H and O–H groups in total. The van der Waals surface area contributed by atoms with E-state index in [0.717, 1.165) is 6.42 Å². The second kappa shape index (κ2) is 2.84. The Morgan fingerprint density at radius 2 is 2.40 bits per heavy atom. The minimum atomic E-state index is -3.05. The molecule has 84 valence electrons. The molecule has 0 saturated carbocycles. The first-order valence-corrected chi connectivity index (χ1v) is 7.02. The van der Waals surface area contributed by atoms with Gasteiger partial charge < -0.3 is 4.74 Å². The van der Waals surface area contributed by atoms with Gasteiger partial charge in [-0.05, 0) is 13.3 Å². The number of ether oxygens (including phenoxy) is 1. The maximum Gasteiger partial charge on any atom is 0.213 e. The summed E-state index contributed by atoms with van der Waals surface area (Å²) < 4.78 is 30.9. The average Bonchev–Trinajstić information content (AvgIpc) is 2.82. The monoisotopic (exact) mass is 229 g/mol. The van der Waals surface area contributed by atoms with E-state index >= 15 is 0 Å². The van der Waals surface area contributed by atoms with Gasteiger partial charge in [0.1, 0.15) is 5.60 Å². The maximum absolute atomic E-state index is 11.8. The highest BCUT2D eigenvalue weighted by Gasteiger charge is 2.57. The Balaban J connectivity index is 1.88. The van der Waals surface area contributed by atoms with E-state index in [0.29, 0.717) is 19.0 Å². The number of hydrogen-bond acceptors (Lipinski definition) is 3. The van der Waals surface area contributed by atoms with Crippen molar-refractivity contribution in [3.05, 3.63) is 12.2 Å². The van der Waals surface area contributed by atoms with Gasteiger partial charge in [-0.25, -0.2) is 8.42 Å². The lowest BCUT2D eigenvalue weighted by molar-refractivity contribution is 0.0291. The van der Waals surface area contributed by atoms with Crippen molar-refractivity contribution in [3.8, 4) is 0 Å². The van der Waals surface area contributed by atoms with Crippen LogP contribution in [0, 0.1) is 5.92 Å². The predicted octanol–water partition coefficient (Wildman–Crippen LogP) is 0.365. The Bertz CT molecular complexity index is 416.